The predicted octanol–water partition coefficient (Wildman–Crippen LogP) is 1.57. The molecule has 4 heteroatoms. The van der Waals surface area contributed by atoms with Crippen molar-refractivity contribution in [3.63, 3.8) is 0 Å². The molecule has 108 valence electrons. The van der Waals surface area contributed by atoms with Gasteiger partial charge in [-0.1, -0.05) is 13.0 Å². The van der Waals surface area contributed by atoms with Crippen LogP contribution in [0, 0.1) is 5.92 Å². The summed E-state index contributed by atoms with van der Waals surface area (Å²) in [4.78, 5) is 14.1. The van der Waals surface area contributed by atoms with Crippen molar-refractivity contribution in [1.82, 2.24) is 10.2 Å². The van der Waals surface area contributed by atoms with Gasteiger partial charge in [-0.25, -0.2) is 0 Å². The Morgan fingerprint density at radius 2 is 1.95 bits per heavy atom. The number of nitrogens with one attached hydrogen (secondary N) is 1. The van der Waals surface area contributed by atoms with Crippen LogP contribution < -0.4 is 5.32 Å². The third-order valence-corrected chi connectivity index (χ3v) is 4.10. The van der Waals surface area contributed by atoms with Gasteiger partial charge in [-0.3, -0.25) is 9.69 Å². The van der Waals surface area contributed by atoms with Crippen LogP contribution in [0.4, 0.5) is 0 Å². The first kappa shape index (κ1) is 14.5. The van der Waals surface area contributed by atoms with Crippen LogP contribution in [0.5, 0.6) is 0 Å². The molecule has 1 heterocycles. The van der Waals surface area contributed by atoms with Gasteiger partial charge in [0.1, 0.15) is 0 Å². The maximum absolute atomic E-state index is 11.8. The van der Waals surface area contributed by atoms with E-state index in [1.807, 2.05) is 6.08 Å². The highest BCUT2D eigenvalue weighted by Crippen LogP contribution is 2.23. The third-order valence-electron chi connectivity index (χ3n) is 4.10. The monoisotopic (exact) mass is 266 g/mol. The Labute approximate surface area is 116 Å². The molecule has 2 fully saturated rings. The van der Waals surface area contributed by atoms with Crippen molar-refractivity contribution in [2.24, 2.45) is 5.92 Å². The molecule has 2 rings (SSSR count). The number of ether oxygens (including phenoxy) is 1. The van der Waals surface area contributed by atoms with Crippen molar-refractivity contribution < 1.29 is 9.53 Å². The molecule has 0 aromatic rings. The molecule has 0 atom stereocenters. The van der Waals surface area contributed by atoms with Crippen molar-refractivity contribution in [1.29, 1.82) is 0 Å². The first-order valence-corrected chi connectivity index (χ1v) is 7.51. The van der Waals surface area contributed by atoms with Crippen molar-refractivity contribution in [2.75, 3.05) is 32.8 Å². The van der Waals surface area contributed by atoms with Gasteiger partial charge in [0, 0.05) is 31.8 Å². The molecule has 1 saturated carbocycles. The van der Waals surface area contributed by atoms with E-state index >= 15 is 0 Å². The van der Waals surface area contributed by atoms with E-state index in [4.69, 9.17) is 4.74 Å². The number of carbonyl (C=O) groups is 1. The fraction of sp³-hybridized carbons (Fsp3) is 0.800. The Morgan fingerprint density at radius 1 is 1.26 bits per heavy atom. The quantitative estimate of drug-likeness (QED) is 0.785. The Kier molecular flexibility index (Phi) is 5.86. The van der Waals surface area contributed by atoms with Gasteiger partial charge in [-0.05, 0) is 31.6 Å². The first-order chi connectivity index (χ1) is 9.24. The first-order valence-electron chi connectivity index (χ1n) is 7.51. The molecular formula is C15H26N2O2. The number of hydrogen-bond donors (Lipinski definition) is 1. The second-order valence-electron chi connectivity index (χ2n) is 5.78. The maximum Gasteiger partial charge on any atom is 0.243 e. The molecule has 0 aromatic carbocycles. The molecule has 0 radical (unpaired) electrons. The van der Waals surface area contributed by atoms with E-state index in [9.17, 15) is 4.79 Å². The Hall–Kier alpha value is -0.870. The highest BCUT2D eigenvalue weighted by atomic mass is 16.5. The summed E-state index contributed by atoms with van der Waals surface area (Å²) in [6.07, 6.45) is 8.39. The molecule has 1 N–H and O–H groups in total. The van der Waals surface area contributed by atoms with Crippen molar-refractivity contribution >= 4 is 5.91 Å². The van der Waals surface area contributed by atoms with Gasteiger partial charge in [0.05, 0.1) is 13.2 Å². The summed E-state index contributed by atoms with van der Waals surface area (Å²) in [5, 5.41) is 3.11. The molecule has 1 aliphatic carbocycles. The van der Waals surface area contributed by atoms with Crippen LogP contribution in [0.1, 0.15) is 32.6 Å². The molecule has 1 aliphatic heterocycles. The highest BCUT2D eigenvalue weighted by molar-refractivity contribution is 5.87. The Bertz CT molecular complexity index is 303. The summed E-state index contributed by atoms with van der Waals surface area (Å²) < 4.78 is 5.29. The van der Waals surface area contributed by atoms with Crippen LogP contribution in [0.25, 0.3) is 0 Å². The van der Waals surface area contributed by atoms with Crippen LogP contribution in [-0.4, -0.2) is 49.7 Å². The number of hydrogen-bond acceptors (Lipinski definition) is 3. The Morgan fingerprint density at radius 3 is 2.63 bits per heavy atom. The number of rotatable bonds is 4. The largest absolute Gasteiger partial charge is 0.379 e. The van der Waals surface area contributed by atoms with E-state index in [0.29, 0.717) is 6.04 Å². The van der Waals surface area contributed by atoms with Crippen LogP contribution in [0.3, 0.4) is 0 Å². The van der Waals surface area contributed by atoms with E-state index in [-0.39, 0.29) is 5.91 Å². The Balaban J connectivity index is 1.63. The summed E-state index contributed by atoms with van der Waals surface area (Å²) in [6, 6.07) is 0.386. The molecule has 0 aromatic heterocycles. The minimum atomic E-state index is 0.0628. The van der Waals surface area contributed by atoms with Gasteiger partial charge in [0.25, 0.3) is 0 Å². The van der Waals surface area contributed by atoms with Crippen LogP contribution in [0.15, 0.2) is 12.2 Å². The molecule has 2 aliphatic rings. The van der Waals surface area contributed by atoms with Crippen LogP contribution in [0.2, 0.25) is 0 Å². The maximum atomic E-state index is 11.8. The van der Waals surface area contributed by atoms with E-state index < -0.39 is 0 Å². The zero-order valence-electron chi connectivity index (χ0n) is 11.9. The summed E-state index contributed by atoms with van der Waals surface area (Å²) in [5.41, 5.74) is 0. The molecule has 0 bridgehead atoms. The average molecular weight is 266 g/mol. The predicted molar refractivity (Wildman–Crippen MR) is 76.0 cm³/mol. The minimum Gasteiger partial charge on any atom is -0.379 e. The molecular weight excluding hydrogens is 240 g/mol. The van der Waals surface area contributed by atoms with Gasteiger partial charge >= 0.3 is 0 Å². The smallest absolute Gasteiger partial charge is 0.243 e. The van der Waals surface area contributed by atoms with Gasteiger partial charge in [0.15, 0.2) is 0 Å². The molecule has 0 spiro atoms. The lowest BCUT2D eigenvalue weighted by molar-refractivity contribution is -0.117. The van der Waals surface area contributed by atoms with Crippen molar-refractivity contribution in [3.8, 4) is 0 Å². The number of carbonyl (C=O) groups excluding carboxylic acids is 1. The molecule has 4 nitrogen and oxygen atoms in total. The van der Waals surface area contributed by atoms with Gasteiger partial charge in [-0.15, -0.1) is 0 Å². The number of nitrogens with zero attached hydrogens (tertiary/aromatic N) is 1. The van der Waals surface area contributed by atoms with Crippen LogP contribution in [-0.2, 0) is 9.53 Å². The van der Waals surface area contributed by atoms with E-state index in [2.05, 4.69) is 17.1 Å². The summed E-state index contributed by atoms with van der Waals surface area (Å²) in [5.74, 6) is 0.887. The van der Waals surface area contributed by atoms with Gasteiger partial charge < -0.3 is 10.1 Å². The molecule has 1 amide bonds. The minimum absolute atomic E-state index is 0.0628. The number of amides is 1. The molecule has 1 saturated heterocycles. The SMILES string of the molecule is C[C@H]1CC[C@@H](NC(=O)/C=C/CN2CCOCC2)CC1. The van der Waals surface area contributed by atoms with E-state index in [0.717, 1.165) is 51.6 Å². The van der Waals surface area contributed by atoms with Crippen molar-refractivity contribution in [2.45, 2.75) is 38.6 Å². The van der Waals surface area contributed by atoms with Gasteiger partial charge in [0.2, 0.25) is 5.91 Å². The second kappa shape index (κ2) is 7.65. The normalized spacial score (nSPS) is 29.5. The summed E-state index contributed by atoms with van der Waals surface area (Å²) >= 11 is 0. The van der Waals surface area contributed by atoms with Gasteiger partial charge in [-0.2, -0.15) is 0 Å². The number of morpholine rings is 1. The topological polar surface area (TPSA) is 41.6 Å². The van der Waals surface area contributed by atoms with E-state index in [1.54, 1.807) is 6.08 Å². The average Bonchev–Trinajstić information content (AvgIpc) is 2.43. The zero-order chi connectivity index (χ0) is 13.5. The summed E-state index contributed by atoms with van der Waals surface area (Å²) in [6.45, 7) is 6.68. The zero-order valence-corrected chi connectivity index (χ0v) is 11.9. The molecule has 0 unspecified atom stereocenters. The summed E-state index contributed by atoms with van der Waals surface area (Å²) in [7, 11) is 0. The second-order valence-corrected chi connectivity index (χ2v) is 5.78. The third kappa shape index (κ3) is 5.33. The van der Waals surface area contributed by atoms with Crippen molar-refractivity contribution in [3.05, 3.63) is 12.2 Å². The highest BCUT2D eigenvalue weighted by Gasteiger charge is 2.18. The fourth-order valence-corrected chi connectivity index (χ4v) is 2.75. The lowest BCUT2D eigenvalue weighted by Crippen LogP contribution is -2.37. The standard InChI is InChI=1S/C15H26N2O2/c1-13-4-6-14(7-5-13)16-15(18)3-2-8-17-9-11-19-12-10-17/h2-3,13-14H,4-12H2,1H3,(H,16,18)/b3-2+/t13-,14+. The molecule has 19 heavy (non-hydrogen) atoms. The van der Waals surface area contributed by atoms with E-state index in [1.165, 1.54) is 12.8 Å². The van der Waals surface area contributed by atoms with Crippen LogP contribution >= 0.6 is 0 Å². The fourth-order valence-electron chi connectivity index (χ4n) is 2.75. The lowest BCUT2D eigenvalue weighted by Gasteiger charge is -2.26. The lowest BCUT2D eigenvalue weighted by atomic mass is 9.87.